The molecule has 18 heavy (non-hydrogen) atoms. The Morgan fingerprint density at radius 1 is 1.28 bits per heavy atom. The zero-order valence-electron chi connectivity index (χ0n) is 10.7. The van der Waals surface area contributed by atoms with Gasteiger partial charge in [-0.15, -0.1) is 0 Å². The van der Waals surface area contributed by atoms with E-state index in [1.165, 1.54) is 0 Å². The summed E-state index contributed by atoms with van der Waals surface area (Å²) in [5.74, 6) is 0.925. The molecule has 0 aliphatic heterocycles. The molecule has 0 aliphatic carbocycles. The van der Waals surface area contributed by atoms with Crippen molar-refractivity contribution in [1.82, 2.24) is 9.78 Å². The van der Waals surface area contributed by atoms with E-state index in [1.54, 1.807) is 6.20 Å². The van der Waals surface area contributed by atoms with Crippen LogP contribution in [0.3, 0.4) is 0 Å². The van der Waals surface area contributed by atoms with Gasteiger partial charge in [-0.2, -0.15) is 5.10 Å². The molecule has 4 nitrogen and oxygen atoms in total. The van der Waals surface area contributed by atoms with E-state index in [2.05, 4.69) is 17.3 Å². The summed E-state index contributed by atoms with van der Waals surface area (Å²) < 4.78 is 7.44. The first-order valence-electron chi connectivity index (χ1n) is 6.32. The van der Waals surface area contributed by atoms with Gasteiger partial charge in [0.15, 0.2) is 0 Å². The lowest BCUT2D eigenvalue weighted by molar-refractivity contribution is 0.317. The topological polar surface area (TPSA) is 39.1 Å². The SMILES string of the molecule is CCCOc1ccc(NCCn2cccn2)cc1. The molecule has 0 unspecified atom stereocenters. The molecule has 1 aromatic heterocycles. The first kappa shape index (κ1) is 12.5. The smallest absolute Gasteiger partial charge is 0.119 e. The van der Waals surface area contributed by atoms with Crippen molar-refractivity contribution < 1.29 is 4.74 Å². The van der Waals surface area contributed by atoms with Crippen LogP contribution < -0.4 is 10.1 Å². The first-order valence-corrected chi connectivity index (χ1v) is 6.32. The molecular formula is C14H19N3O. The Hall–Kier alpha value is -1.97. The van der Waals surface area contributed by atoms with E-state index in [0.717, 1.165) is 37.6 Å². The number of ether oxygens (including phenoxy) is 1. The summed E-state index contributed by atoms with van der Waals surface area (Å²) in [7, 11) is 0. The maximum atomic E-state index is 5.53. The van der Waals surface area contributed by atoms with Crippen LogP contribution in [0.4, 0.5) is 5.69 Å². The van der Waals surface area contributed by atoms with E-state index in [9.17, 15) is 0 Å². The fraction of sp³-hybridized carbons (Fsp3) is 0.357. The van der Waals surface area contributed by atoms with Crippen molar-refractivity contribution in [2.45, 2.75) is 19.9 Å². The molecule has 0 saturated heterocycles. The third kappa shape index (κ3) is 3.80. The van der Waals surface area contributed by atoms with Gasteiger partial charge < -0.3 is 10.1 Å². The van der Waals surface area contributed by atoms with Crippen LogP contribution in [-0.4, -0.2) is 22.9 Å². The van der Waals surface area contributed by atoms with Crippen molar-refractivity contribution in [3.63, 3.8) is 0 Å². The molecule has 1 aromatic carbocycles. The Bertz CT molecular complexity index is 437. The van der Waals surface area contributed by atoms with Gasteiger partial charge in [-0.25, -0.2) is 0 Å². The average Bonchev–Trinajstić information content (AvgIpc) is 2.91. The third-order valence-electron chi connectivity index (χ3n) is 2.56. The molecule has 0 atom stereocenters. The molecule has 1 N–H and O–H groups in total. The Labute approximate surface area is 108 Å². The van der Waals surface area contributed by atoms with Crippen LogP contribution in [-0.2, 0) is 6.54 Å². The molecule has 0 fully saturated rings. The number of aromatic nitrogens is 2. The number of hydrogen-bond acceptors (Lipinski definition) is 3. The number of hydrogen-bond donors (Lipinski definition) is 1. The Kier molecular flexibility index (Phi) is 4.64. The number of rotatable bonds is 7. The molecule has 0 aliphatic rings. The molecular weight excluding hydrogens is 226 g/mol. The fourth-order valence-corrected chi connectivity index (χ4v) is 1.64. The standard InChI is InChI=1S/C14H19N3O/c1-2-12-18-14-6-4-13(5-7-14)15-9-11-17-10-3-8-16-17/h3-8,10,15H,2,9,11-12H2,1H3. The minimum absolute atomic E-state index is 0.770. The minimum atomic E-state index is 0.770. The minimum Gasteiger partial charge on any atom is -0.494 e. The Morgan fingerprint density at radius 2 is 2.11 bits per heavy atom. The van der Waals surface area contributed by atoms with Crippen molar-refractivity contribution in [2.24, 2.45) is 0 Å². The van der Waals surface area contributed by atoms with Crippen LogP contribution in [0.15, 0.2) is 42.7 Å². The quantitative estimate of drug-likeness (QED) is 0.815. The highest BCUT2D eigenvalue weighted by atomic mass is 16.5. The summed E-state index contributed by atoms with van der Waals surface area (Å²) in [5.41, 5.74) is 1.10. The number of nitrogens with one attached hydrogen (secondary N) is 1. The number of nitrogens with zero attached hydrogens (tertiary/aromatic N) is 2. The maximum Gasteiger partial charge on any atom is 0.119 e. The molecule has 0 spiro atoms. The molecule has 2 rings (SSSR count). The molecule has 0 amide bonds. The lowest BCUT2D eigenvalue weighted by Gasteiger charge is -2.08. The molecule has 1 heterocycles. The number of anilines is 1. The highest BCUT2D eigenvalue weighted by molar-refractivity contribution is 5.46. The van der Waals surface area contributed by atoms with Crippen molar-refractivity contribution in [1.29, 1.82) is 0 Å². The summed E-state index contributed by atoms with van der Waals surface area (Å²) in [4.78, 5) is 0. The molecule has 96 valence electrons. The van der Waals surface area contributed by atoms with E-state index in [1.807, 2.05) is 41.2 Å². The summed E-state index contributed by atoms with van der Waals surface area (Å²) in [6, 6.07) is 9.99. The van der Waals surface area contributed by atoms with Crippen LogP contribution in [0.1, 0.15) is 13.3 Å². The van der Waals surface area contributed by atoms with E-state index >= 15 is 0 Å². The van der Waals surface area contributed by atoms with Gasteiger partial charge >= 0.3 is 0 Å². The predicted octanol–water partition coefficient (Wildman–Crippen LogP) is 2.78. The van der Waals surface area contributed by atoms with Crippen LogP contribution >= 0.6 is 0 Å². The lowest BCUT2D eigenvalue weighted by atomic mass is 10.3. The first-order chi connectivity index (χ1) is 8.88. The molecule has 0 saturated carbocycles. The molecule has 0 radical (unpaired) electrons. The van der Waals surface area contributed by atoms with E-state index in [0.29, 0.717) is 0 Å². The van der Waals surface area contributed by atoms with Gasteiger partial charge in [-0.3, -0.25) is 4.68 Å². The summed E-state index contributed by atoms with van der Waals surface area (Å²) in [6.45, 7) is 4.59. The van der Waals surface area contributed by atoms with Crippen LogP contribution in [0.5, 0.6) is 5.75 Å². The zero-order valence-corrected chi connectivity index (χ0v) is 10.7. The lowest BCUT2D eigenvalue weighted by Crippen LogP contribution is -2.10. The summed E-state index contributed by atoms with van der Waals surface area (Å²) in [6.07, 6.45) is 4.78. The molecule has 2 aromatic rings. The second kappa shape index (κ2) is 6.69. The van der Waals surface area contributed by atoms with Crippen molar-refractivity contribution in [3.8, 4) is 5.75 Å². The van der Waals surface area contributed by atoms with Gasteiger partial charge in [0.1, 0.15) is 5.75 Å². The monoisotopic (exact) mass is 245 g/mol. The predicted molar refractivity (Wildman–Crippen MR) is 72.9 cm³/mol. The molecule has 4 heteroatoms. The van der Waals surface area contributed by atoms with Crippen LogP contribution in [0.25, 0.3) is 0 Å². The van der Waals surface area contributed by atoms with Gasteiger partial charge in [0, 0.05) is 24.6 Å². The van der Waals surface area contributed by atoms with Crippen molar-refractivity contribution in [3.05, 3.63) is 42.7 Å². The van der Waals surface area contributed by atoms with Gasteiger partial charge in [0.05, 0.1) is 13.2 Å². The fourth-order valence-electron chi connectivity index (χ4n) is 1.64. The molecule has 0 bridgehead atoms. The zero-order chi connectivity index (χ0) is 12.6. The Morgan fingerprint density at radius 3 is 2.78 bits per heavy atom. The summed E-state index contributed by atoms with van der Waals surface area (Å²) in [5, 5.41) is 7.50. The van der Waals surface area contributed by atoms with Gasteiger partial charge in [0.25, 0.3) is 0 Å². The summed E-state index contributed by atoms with van der Waals surface area (Å²) >= 11 is 0. The Balaban J connectivity index is 1.75. The second-order valence-electron chi connectivity index (χ2n) is 4.07. The largest absolute Gasteiger partial charge is 0.494 e. The van der Waals surface area contributed by atoms with Crippen LogP contribution in [0, 0.1) is 0 Å². The van der Waals surface area contributed by atoms with Gasteiger partial charge in [-0.1, -0.05) is 6.92 Å². The van der Waals surface area contributed by atoms with E-state index in [-0.39, 0.29) is 0 Å². The van der Waals surface area contributed by atoms with Crippen LogP contribution in [0.2, 0.25) is 0 Å². The average molecular weight is 245 g/mol. The highest BCUT2D eigenvalue weighted by Gasteiger charge is 1.95. The van der Waals surface area contributed by atoms with Crippen molar-refractivity contribution >= 4 is 5.69 Å². The third-order valence-corrected chi connectivity index (χ3v) is 2.56. The van der Waals surface area contributed by atoms with E-state index < -0.39 is 0 Å². The van der Waals surface area contributed by atoms with Gasteiger partial charge in [0.2, 0.25) is 0 Å². The van der Waals surface area contributed by atoms with E-state index in [4.69, 9.17) is 4.74 Å². The van der Waals surface area contributed by atoms with Gasteiger partial charge in [-0.05, 0) is 36.8 Å². The number of benzene rings is 1. The maximum absolute atomic E-state index is 5.53. The highest BCUT2D eigenvalue weighted by Crippen LogP contribution is 2.15. The normalized spacial score (nSPS) is 10.3. The van der Waals surface area contributed by atoms with Crippen molar-refractivity contribution in [2.75, 3.05) is 18.5 Å². The second-order valence-corrected chi connectivity index (χ2v) is 4.07.